The number of benzene rings is 2. The molecule has 20 heavy (non-hydrogen) atoms. The lowest BCUT2D eigenvalue weighted by molar-refractivity contribution is 0.384. The number of nitrogen functional groups attached to an aromatic ring is 1. The summed E-state index contributed by atoms with van der Waals surface area (Å²) in [6.45, 7) is 0.412. The number of nitrogens with zero attached hydrogens (tertiary/aromatic N) is 1. The molecule has 2 N–H and O–H groups in total. The summed E-state index contributed by atoms with van der Waals surface area (Å²) < 4.78 is 20.0. The van der Waals surface area contributed by atoms with Gasteiger partial charge in [-0.25, -0.2) is 4.39 Å². The average molecular weight is 339 g/mol. The maximum absolute atomic E-state index is 14.1. The molecule has 2 aromatic carbocycles. The first-order valence-electron chi connectivity index (χ1n) is 6.10. The Morgan fingerprint density at radius 3 is 2.70 bits per heavy atom. The molecule has 0 fully saturated rings. The number of ether oxygens (including phenoxy) is 1. The van der Waals surface area contributed by atoms with Gasteiger partial charge in [0.15, 0.2) is 11.6 Å². The molecule has 0 heterocycles. The largest absolute Gasteiger partial charge is 0.494 e. The van der Waals surface area contributed by atoms with Gasteiger partial charge in [0.2, 0.25) is 0 Å². The van der Waals surface area contributed by atoms with Gasteiger partial charge in [-0.15, -0.1) is 0 Å². The molecule has 0 spiro atoms. The predicted molar refractivity (Wildman–Crippen MR) is 83.6 cm³/mol. The Kier molecular flexibility index (Phi) is 4.49. The minimum atomic E-state index is -0.336. The lowest BCUT2D eigenvalue weighted by Gasteiger charge is -2.22. The summed E-state index contributed by atoms with van der Waals surface area (Å²) in [7, 11) is 3.33. The van der Waals surface area contributed by atoms with Crippen LogP contribution in [-0.4, -0.2) is 14.2 Å². The third-order valence-corrected chi connectivity index (χ3v) is 3.56. The van der Waals surface area contributed by atoms with Gasteiger partial charge in [0.1, 0.15) is 0 Å². The first-order valence-corrected chi connectivity index (χ1v) is 6.89. The summed E-state index contributed by atoms with van der Waals surface area (Å²) >= 11 is 3.37. The Bertz CT molecular complexity index is 619. The van der Waals surface area contributed by atoms with Crippen LogP contribution in [0.1, 0.15) is 5.56 Å². The van der Waals surface area contributed by atoms with Crippen LogP contribution < -0.4 is 15.4 Å². The van der Waals surface area contributed by atoms with Gasteiger partial charge in [0, 0.05) is 23.6 Å². The fourth-order valence-electron chi connectivity index (χ4n) is 2.05. The van der Waals surface area contributed by atoms with E-state index in [1.165, 1.54) is 7.11 Å². The highest BCUT2D eigenvalue weighted by Gasteiger charge is 2.12. The van der Waals surface area contributed by atoms with Crippen molar-refractivity contribution in [1.29, 1.82) is 0 Å². The molecule has 0 aliphatic carbocycles. The summed E-state index contributed by atoms with van der Waals surface area (Å²) in [6, 6.07) is 10.8. The van der Waals surface area contributed by atoms with E-state index in [9.17, 15) is 4.39 Å². The second kappa shape index (κ2) is 6.13. The van der Waals surface area contributed by atoms with E-state index in [4.69, 9.17) is 10.5 Å². The van der Waals surface area contributed by atoms with Crippen molar-refractivity contribution in [3.05, 3.63) is 52.3 Å². The second-order valence-corrected chi connectivity index (χ2v) is 5.41. The van der Waals surface area contributed by atoms with Crippen molar-refractivity contribution < 1.29 is 9.13 Å². The Hall–Kier alpha value is -1.75. The molecule has 0 aliphatic rings. The van der Waals surface area contributed by atoms with Crippen molar-refractivity contribution >= 4 is 27.3 Å². The third kappa shape index (κ3) is 3.04. The van der Waals surface area contributed by atoms with E-state index >= 15 is 0 Å². The zero-order chi connectivity index (χ0) is 14.7. The standard InChI is InChI=1S/C15H16BrFN2O/c1-19(13-7-6-11(16)8-12(13)18)9-10-4-3-5-14(20-2)15(10)17/h3-8H,9,18H2,1-2H3. The van der Waals surface area contributed by atoms with E-state index in [1.54, 1.807) is 18.2 Å². The number of hydrogen-bond donors (Lipinski definition) is 1. The predicted octanol–water partition coefficient (Wildman–Crippen LogP) is 3.82. The van der Waals surface area contributed by atoms with E-state index in [0.29, 0.717) is 17.8 Å². The molecule has 0 aliphatic heterocycles. The van der Waals surface area contributed by atoms with Crippen LogP contribution in [0, 0.1) is 5.82 Å². The summed E-state index contributed by atoms with van der Waals surface area (Å²) in [5.41, 5.74) is 8.04. The van der Waals surface area contributed by atoms with Crippen molar-refractivity contribution in [2.24, 2.45) is 0 Å². The fourth-order valence-corrected chi connectivity index (χ4v) is 2.43. The van der Waals surface area contributed by atoms with Crippen LogP contribution in [0.5, 0.6) is 5.75 Å². The third-order valence-electron chi connectivity index (χ3n) is 3.07. The summed E-state index contributed by atoms with van der Waals surface area (Å²) in [6.07, 6.45) is 0. The molecule has 0 bridgehead atoms. The zero-order valence-electron chi connectivity index (χ0n) is 11.4. The fraction of sp³-hybridized carbons (Fsp3) is 0.200. The normalized spacial score (nSPS) is 10.4. The van der Waals surface area contributed by atoms with Crippen LogP contribution in [-0.2, 0) is 6.54 Å². The van der Waals surface area contributed by atoms with Gasteiger partial charge in [0.05, 0.1) is 18.5 Å². The van der Waals surface area contributed by atoms with Crippen LogP contribution in [0.3, 0.4) is 0 Å². The van der Waals surface area contributed by atoms with Gasteiger partial charge in [-0.1, -0.05) is 28.1 Å². The molecule has 0 atom stereocenters. The zero-order valence-corrected chi connectivity index (χ0v) is 12.9. The SMILES string of the molecule is COc1cccc(CN(C)c2ccc(Br)cc2N)c1F. The molecule has 2 rings (SSSR count). The topological polar surface area (TPSA) is 38.5 Å². The van der Waals surface area contributed by atoms with Crippen molar-refractivity contribution in [3.63, 3.8) is 0 Å². The average Bonchev–Trinajstić information content (AvgIpc) is 2.41. The molecule has 0 saturated heterocycles. The number of hydrogen-bond acceptors (Lipinski definition) is 3. The molecule has 0 radical (unpaired) electrons. The highest BCUT2D eigenvalue weighted by atomic mass is 79.9. The van der Waals surface area contributed by atoms with Crippen LogP contribution in [0.15, 0.2) is 40.9 Å². The second-order valence-electron chi connectivity index (χ2n) is 4.49. The molecule has 0 amide bonds. The van der Waals surface area contributed by atoms with Crippen molar-refractivity contribution in [3.8, 4) is 5.75 Å². The number of nitrogens with two attached hydrogens (primary N) is 1. The van der Waals surface area contributed by atoms with Crippen LogP contribution >= 0.6 is 15.9 Å². The monoisotopic (exact) mass is 338 g/mol. The Balaban J connectivity index is 2.25. The Morgan fingerprint density at radius 2 is 2.05 bits per heavy atom. The van der Waals surface area contributed by atoms with Crippen molar-refractivity contribution in [2.45, 2.75) is 6.54 Å². The molecule has 0 aromatic heterocycles. The quantitative estimate of drug-likeness (QED) is 0.861. The van der Waals surface area contributed by atoms with Gasteiger partial charge in [0.25, 0.3) is 0 Å². The lowest BCUT2D eigenvalue weighted by Crippen LogP contribution is -2.18. The van der Waals surface area contributed by atoms with Crippen molar-refractivity contribution in [2.75, 3.05) is 24.8 Å². The molecule has 3 nitrogen and oxygen atoms in total. The van der Waals surface area contributed by atoms with Gasteiger partial charge >= 0.3 is 0 Å². The van der Waals surface area contributed by atoms with E-state index in [-0.39, 0.29) is 11.6 Å². The molecule has 106 valence electrons. The van der Waals surface area contributed by atoms with E-state index in [2.05, 4.69) is 15.9 Å². The highest BCUT2D eigenvalue weighted by Crippen LogP contribution is 2.28. The Labute approximate surface area is 126 Å². The van der Waals surface area contributed by atoms with Crippen molar-refractivity contribution in [1.82, 2.24) is 0 Å². The molecule has 2 aromatic rings. The van der Waals surface area contributed by atoms with Gasteiger partial charge in [-0.05, 0) is 24.3 Å². The lowest BCUT2D eigenvalue weighted by atomic mass is 10.1. The van der Waals surface area contributed by atoms with E-state index < -0.39 is 0 Å². The highest BCUT2D eigenvalue weighted by molar-refractivity contribution is 9.10. The number of anilines is 2. The molecule has 5 heteroatoms. The minimum absolute atomic E-state index is 0.250. The van der Waals surface area contributed by atoms with Gasteiger partial charge in [-0.2, -0.15) is 0 Å². The molecule has 0 unspecified atom stereocenters. The number of halogens is 2. The van der Waals surface area contributed by atoms with Gasteiger partial charge < -0.3 is 15.4 Å². The maximum Gasteiger partial charge on any atom is 0.170 e. The molecular formula is C15H16BrFN2O. The summed E-state index contributed by atoms with van der Waals surface area (Å²) in [5.74, 6) is -0.0859. The number of methoxy groups -OCH3 is 1. The summed E-state index contributed by atoms with van der Waals surface area (Å²) in [4.78, 5) is 1.90. The first kappa shape index (κ1) is 14.7. The Morgan fingerprint density at radius 1 is 1.30 bits per heavy atom. The maximum atomic E-state index is 14.1. The van der Waals surface area contributed by atoms with Gasteiger partial charge in [-0.3, -0.25) is 0 Å². The smallest absolute Gasteiger partial charge is 0.170 e. The molecular weight excluding hydrogens is 323 g/mol. The summed E-state index contributed by atoms with van der Waals surface area (Å²) in [5, 5.41) is 0. The van der Waals surface area contributed by atoms with Crippen LogP contribution in [0.25, 0.3) is 0 Å². The number of rotatable bonds is 4. The first-order chi connectivity index (χ1) is 9.52. The van der Waals surface area contributed by atoms with E-state index in [0.717, 1.165) is 10.2 Å². The van der Waals surface area contributed by atoms with Crippen LogP contribution in [0.2, 0.25) is 0 Å². The van der Waals surface area contributed by atoms with E-state index in [1.807, 2.05) is 30.1 Å². The minimum Gasteiger partial charge on any atom is -0.494 e. The van der Waals surface area contributed by atoms with Crippen LogP contribution in [0.4, 0.5) is 15.8 Å². The molecule has 0 saturated carbocycles.